The average Bonchev–Trinajstić information content (AvgIpc) is 2.26. The highest BCUT2D eigenvalue weighted by Gasteiger charge is 2.14. The van der Waals surface area contributed by atoms with E-state index in [-0.39, 0.29) is 11.7 Å². The number of Topliss-reactive ketones (excluding diaryl/α,β-unsaturated/α-hetero) is 1. The Morgan fingerprint density at radius 2 is 2.00 bits per heavy atom. The van der Waals surface area contributed by atoms with E-state index in [2.05, 4.69) is 0 Å². The van der Waals surface area contributed by atoms with Gasteiger partial charge in [-0.25, -0.2) is 0 Å². The summed E-state index contributed by atoms with van der Waals surface area (Å²) in [6.07, 6.45) is 0. The van der Waals surface area contributed by atoms with Gasteiger partial charge in [0, 0.05) is 0 Å². The van der Waals surface area contributed by atoms with E-state index in [0.717, 1.165) is 5.56 Å². The van der Waals surface area contributed by atoms with Crippen molar-refractivity contribution in [2.24, 2.45) is 5.92 Å². The van der Waals surface area contributed by atoms with Crippen molar-refractivity contribution >= 4 is 23.1 Å². The van der Waals surface area contributed by atoms with E-state index >= 15 is 0 Å². The van der Waals surface area contributed by atoms with Crippen molar-refractivity contribution in [2.75, 3.05) is 0 Å². The van der Waals surface area contributed by atoms with Gasteiger partial charge in [-0.15, -0.1) is 0 Å². The Kier molecular flexibility index (Phi) is 4.43. The molecule has 1 aromatic rings. The summed E-state index contributed by atoms with van der Waals surface area (Å²) in [5, 5.41) is 0.367. The van der Waals surface area contributed by atoms with Crippen molar-refractivity contribution in [3.05, 3.63) is 35.9 Å². The van der Waals surface area contributed by atoms with Gasteiger partial charge in [-0.3, -0.25) is 4.79 Å². The molecular weight excluding hydrogens is 208 g/mol. The Labute approximate surface area is 95.3 Å². The van der Waals surface area contributed by atoms with Crippen molar-refractivity contribution in [3.8, 4) is 0 Å². The number of rotatable bonds is 4. The number of benzene rings is 1. The fourth-order valence-electron chi connectivity index (χ4n) is 1.02. The summed E-state index contributed by atoms with van der Waals surface area (Å²) >= 11 is 5.01. The van der Waals surface area contributed by atoms with Crippen LogP contribution in [0.5, 0.6) is 0 Å². The molecule has 0 radical (unpaired) electrons. The fourth-order valence-corrected chi connectivity index (χ4v) is 1.24. The molecule has 0 aromatic heterocycles. The molecule has 15 heavy (non-hydrogen) atoms. The van der Waals surface area contributed by atoms with E-state index in [1.807, 2.05) is 30.3 Å². The van der Waals surface area contributed by atoms with Crippen LogP contribution < -0.4 is 0 Å². The highest BCUT2D eigenvalue weighted by Crippen LogP contribution is 2.07. The second-order valence-electron chi connectivity index (χ2n) is 3.43. The van der Waals surface area contributed by atoms with E-state index in [1.54, 1.807) is 6.92 Å². The van der Waals surface area contributed by atoms with Crippen molar-refractivity contribution in [1.29, 1.82) is 0 Å². The summed E-state index contributed by atoms with van der Waals surface area (Å²) in [7, 11) is 0. The number of ether oxygens (including phenoxy) is 1. The standard InChI is InChI=1S/C12H14O2S/c1-9(10(2)13)12(15)14-8-11-6-4-3-5-7-11/h3-7,9H,8H2,1-2H3. The van der Waals surface area contributed by atoms with E-state index in [9.17, 15) is 4.79 Å². The molecule has 1 rings (SSSR count). The minimum absolute atomic E-state index is 0.0352. The topological polar surface area (TPSA) is 26.3 Å². The molecule has 3 heteroatoms. The molecule has 80 valence electrons. The first-order chi connectivity index (χ1) is 7.11. The number of carbonyl (C=O) groups excluding carboxylic acids is 1. The van der Waals surface area contributed by atoms with Crippen LogP contribution in [-0.2, 0) is 16.1 Å². The van der Waals surface area contributed by atoms with Crippen LogP contribution in [0.25, 0.3) is 0 Å². The summed E-state index contributed by atoms with van der Waals surface area (Å²) in [5.41, 5.74) is 1.05. The molecule has 0 N–H and O–H groups in total. The quantitative estimate of drug-likeness (QED) is 0.733. The smallest absolute Gasteiger partial charge is 0.170 e. The van der Waals surface area contributed by atoms with Gasteiger partial charge in [-0.05, 0) is 31.6 Å². The van der Waals surface area contributed by atoms with Crippen LogP contribution in [0, 0.1) is 5.92 Å². The third kappa shape index (κ3) is 3.80. The molecule has 0 aliphatic carbocycles. The molecule has 1 atom stereocenters. The number of hydrogen-bond acceptors (Lipinski definition) is 3. The SMILES string of the molecule is CC(=O)C(C)C(=S)OCc1ccccc1. The predicted octanol–water partition coefficient (Wildman–Crippen LogP) is 2.76. The predicted molar refractivity (Wildman–Crippen MR) is 63.7 cm³/mol. The van der Waals surface area contributed by atoms with E-state index in [4.69, 9.17) is 17.0 Å². The minimum Gasteiger partial charge on any atom is -0.482 e. The highest BCUT2D eigenvalue weighted by molar-refractivity contribution is 7.80. The van der Waals surface area contributed by atoms with Crippen molar-refractivity contribution in [3.63, 3.8) is 0 Å². The monoisotopic (exact) mass is 222 g/mol. The van der Waals surface area contributed by atoms with Gasteiger partial charge in [0.25, 0.3) is 0 Å². The lowest BCUT2D eigenvalue weighted by molar-refractivity contribution is -0.118. The first-order valence-electron chi connectivity index (χ1n) is 4.82. The van der Waals surface area contributed by atoms with Crippen LogP contribution in [-0.4, -0.2) is 10.8 Å². The zero-order chi connectivity index (χ0) is 11.3. The first kappa shape index (κ1) is 11.9. The lowest BCUT2D eigenvalue weighted by Crippen LogP contribution is -2.19. The molecule has 0 spiro atoms. The third-order valence-electron chi connectivity index (χ3n) is 2.19. The molecule has 0 fully saturated rings. The maximum atomic E-state index is 11.0. The van der Waals surface area contributed by atoms with Gasteiger partial charge < -0.3 is 4.74 Å². The number of hydrogen-bond donors (Lipinski definition) is 0. The molecule has 1 unspecified atom stereocenters. The van der Waals surface area contributed by atoms with Crippen LogP contribution >= 0.6 is 12.2 Å². The molecule has 0 heterocycles. The second-order valence-corrected chi connectivity index (χ2v) is 3.83. The zero-order valence-corrected chi connectivity index (χ0v) is 9.71. The summed E-state index contributed by atoms with van der Waals surface area (Å²) in [6.45, 7) is 3.70. The van der Waals surface area contributed by atoms with Gasteiger partial charge in [0.15, 0.2) is 5.05 Å². The summed E-state index contributed by atoms with van der Waals surface area (Å²) in [4.78, 5) is 11.0. The third-order valence-corrected chi connectivity index (χ3v) is 2.66. The highest BCUT2D eigenvalue weighted by atomic mass is 32.1. The lowest BCUT2D eigenvalue weighted by atomic mass is 10.1. The molecule has 0 amide bonds. The molecule has 0 aliphatic heterocycles. The van der Waals surface area contributed by atoms with Gasteiger partial charge in [0.2, 0.25) is 0 Å². The average molecular weight is 222 g/mol. The van der Waals surface area contributed by atoms with Crippen LogP contribution in [0.2, 0.25) is 0 Å². The van der Waals surface area contributed by atoms with Crippen LogP contribution in [0.3, 0.4) is 0 Å². The fraction of sp³-hybridized carbons (Fsp3) is 0.333. The molecule has 1 aromatic carbocycles. The van der Waals surface area contributed by atoms with Gasteiger partial charge in [-0.2, -0.15) is 0 Å². The summed E-state index contributed by atoms with van der Waals surface area (Å²) in [5.74, 6) is -0.267. The Morgan fingerprint density at radius 1 is 1.40 bits per heavy atom. The maximum absolute atomic E-state index is 11.0. The van der Waals surface area contributed by atoms with Gasteiger partial charge in [-0.1, -0.05) is 30.3 Å². The molecule has 0 aliphatic rings. The lowest BCUT2D eigenvalue weighted by Gasteiger charge is -2.11. The summed E-state index contributed by atoms with van der Waals surface area (Å²) in [6, 6.07) is 9.74. The minimum atomic E-state index is -0.302. The van der Waals surface area contributed by atoms with Crippen LogP contribution in [0.4, 0.5) is 0 Å². The first-order valence-corrected chi connectivity index (χ1v) is 5.23. The molecule has 0 bridgehead atoms. The van der Waals surface area contributed by atoms with E-state index in [0.29, 0.717) is 11.7 Å². The Hall–Kier alpha value is -1.22. The van der Waals surface area contributed by atoms with Gasteiger partial charge in [0.1, 0.15) is 12.4 Å². The summed E-state index contributed by atoms with van der Waals surface area (Å²) < 4.78 is 5.36. The molecule has 2 nitrogen and oxygen atoms in total. The molecular formula is C12H14O2S. The largest absolute Gasteiger partial charge is 0.482 e. The van der Waals surface area contributed by atoms with Gasteiger partial charge in [0.05, 0.1) is 5.92 Å². The number of ketones is 1. The van der Waals surface area contributed by atoms with Crippen molar-refractivity contribution in [1.82, 2.24) is 0 Å². The normalized spacial score (nSPS) is 11.9. The second kappa shape index (κ2) is 5.61. The number of carbonyl (C=O) groups is 1. The molecule has 0 saturated carbocycles. The molecule has 0 saturated heterocycles. The Morgan fingerprint density at radius 3 is 2.53 bits per heavy atom. The van der Waals surface area contributed by atoms with E-state index < -0.39 is 0 Å². The van der Waals surface area contributed by atoms with Gasteiger partial charge >= 0.3 is 0 Å². The van der Waals surface area contributed by atoms with Crippen molar-refractivity contribution in [2.45, 2.75) is 20.5 Å². The Bertz CT molecular complexity index is 346. The van der Waals surface area contributed by atoms with Crippen molar-refractivity contribution < 1.29 is 9.53 Å². The maximum Gasteiger partial charge on any atom is 0.170 e. The Balaban J connectivity index is 2.44. The van der Waals surface area contributed by atoms with Crippen LogP contribution in [0.1, 0.15) is 19.4 Å². The van der Waals surface area contributed by atoms with Crippen LogP contribution in [0.15, 0.2) is 30.3 Å². The van der Waals surface area contributed by atoms with E-state index in [1.165, 1.54) is 6.92 Å². The number of thiocarbonyl (C=S) groups is 1. The zero-order valence-electron chi connectivity index (χ0n) is 8.90.